The molecule has 4 heteroatoms. The van der Waals surface area contributed by atoms with E-state index >= 15 is 0 Å². The molecule has 18 heavy (non-hydrogen) atoms. The lowest BCUT2D eigenvalue weighted by atomic mass is 10.2. The van der Waals surface area contributed by atoms with E-state index in [0.29, 0.717) is 12.2 Å². The van der Waals surface area contributed by atoms with Crippen LogP contribution in [-0.4, -0.2) is 13.0 Å². The predicted octanol–water partition coefficient (Wildman–Crippen LogP) is 3.33. The van der Waals surface area contributed by atoms with Crippen molar-refractivity contribution in [3.05, 3.63) is 46.7 Å². The molecular weight excluding hydrogens is 246 g/mol. The molecule has 1 N–H and O–H groups in total. The van der Waals surface area contributed by atoms with Crippen molar-refractivity contribution in [3.63, 3.8) is 0 Å². The third-order valence-electron chi connectivity index (χ3n) is 2.56. The van der Waals surface area contributed by atoms with Gasteiger partial charge in [-0.3, -0.25) is 4.79 Å². The van der Waals surface area contributed by atoms with Gasteiger partial charge in [0.15, 0.2) is 0 Å². The van der Waals surface area contributed by atoms with Gasteiger partial charge in [-0.25, -0.2) is 0 Å². The second-order valence-corrected chi connectivity index (χ2v) is 4.86. The van der Waals surface area contributed by atoms with Crippen LogP contribution in [0.4, 0.5) is 5.69 Å². The first-order valence-corrected chi connectivity index (χ1v) is 6.63. The largest absolute Gasteiger partial charge is 0.495 e. The van der Waals surface area contributed by atoms with E-state index in [9.17, 15) is 4.79 Å². The maximum atomic E-state index is 11.8. The summed E-state index contributed by atoms with van der Waals surface area (Å²) >= 11 is 1.67. The Labute approximate surface area is 110 Å². The molecule has 0 atom stereocenters. The molecule has 0 saturated carbocycles. The van der Waals surface area contributed by atoms with Crippen molar-refractivity contribution in [2.45, 2.75) is 12.8 Å². The van der Waals surface area contributed by atoms with Crippen molar-refractivity contribution in [2.24, 2.45) is 0 Å². The van der Waals surface area contributed by atoms with Crippen molar-refractivity contribution in [1.29, 1.82) is 0 Å². The lowest BCUT2D eigenvalue weighted by Gasteiger charge is -2.09. The number of thiophene rings is 1. The number of rotatable bonds is 5. The zero-order valence-corrected chi connectivity index (χ0v) is 11.0. The molecule has 3 nitrogen and oxygen atoms in total. The molecular formula is C14H15NO2S. The quantitative estimate of drug-likeness (QED) is 0.896. The third kappa shape index (κ3) is 3.34. The normalized spacial score (nSPS) is 10.1. The Kier molecular flexibility index (Phi) is 4.36. The van der Waals surface area contributed by atoms with E-state index < -0.39 is 0 Å². The Morgan fingerprint density at radius 3 is 2.83 bits per heavy atom. The molecule has 0 unspecified atom stereocenters. The topological polar surface area (TPSA) is 38.3 Å². The summed E-state index contributed by atoms with van der Waals surface area (Å²) in [4.78, 5) is 13.0. The standard InChI is InChI=1S/C14H15NO2S/c1-17-13-7-3-2-6-12(13)15-14(16)9-8-11-5-4-10-18-11/h2-7,10H,8-9H2,1H3,(H,15,16). The number of carbonyl (C=O) groups is 1. The average molecular weight is 261 g/mol. The second kappa shape index (κ2) is 6.21. The summed E-state index contributed by atoms with van der Waals surface area (Å²) in [6, 6.07) is 11.5. The van der Waals surface area contributed by atoms with Gasteiger partial charge < -0.3 is 10.1 Å². The van der Waals surface area contributed by atoms with E-state index in [1.54, 1.807) is 18.4 Å². The molecule has 2 aromatic rings. The fourth-order valence-corrected chi connectivity index (χ4v) is 2.36. The number of amides is 1. The van der Waals surface area contributed by atoms with Gasteiger partial charge in [-0.05, 0) is 30.0 Å². The molecule has 1 aromatic carbocycles. The minimum Gasteiger partial charge on any atom is -0.495 e. The summed E-state index contributed by atoms with van der Waals surface area (Å²) < 4.78 is 5.18. The SMILES string of the molecule is COc1ccccc1NC(=O)CCc1cccs1. The number of aryl methyl sites for hydroxylation is 1. The fraction of sp³-hybridized carbons (Fsp3) is 0.214. The summed E-state index contributed by atoms with van der Waals surface area (Å²) in [6.45, 7) is 0. The van der Waals surface area contributed by atoms with Crippen molar-refractivity contribution in [3.8, 4) is 5.75 Å². The van der Waals surface area contributed by atoms with Crippen LogP contribution in [0.15, 0.2) is 41.8 Å². The first-order chi connectivity index (χ1) is 8.79. The van der Waals surface area contributed by atoms with E-state index in [1.165, 1.54) is 4.88 Å². The first-order valence-electron chi connectivity index (χ1n) is 5.75. The summed E-state index contributed by atoms with van der Waals surface area (Å²) in [6.07, 6.45) is 1.26. The van der Waals surface area contributed by atoms with E-state index in [0.717, 1.165) is 12.1 Å². The number of ether oxygens (including phenoxy) is 1. The van der Waals surface area contributed by atoms with Crippen molar-refractivity contribution in [1.82, 2.24) is 0 Å². The van der Waals surface area contributed by atoms with Crippen LogP contribution in [-0.2, 0) is 11.2 Å². The number of methoxy groups -OCH3 is 1. The Bertz CT molecular complexity index is 508. The van der Waals surface area contributed by atoms with Gasteiger partial charge in [0.2, 0.25) is 5.91 Å². The van der Waals surface area contributed by atoms with Crippen molar-refractivity contribution in [2.75, 3.05) is 12.4 Å². The van der Waals surface area contributed by atoms with Gasteiger partial charge >= 0.3 is 0 Å². The molecule has 0 radical (unpaired) electrons. The van der Waals surface area contributed by atoms with Crippen molar-refractivity contribution >= 4 is 22.9 Å². The zero-order valence-electron chi connectivity index (χ0n) is 10.2. The molecule has 0 fully saturated rings. The number of carbonyl (C=O) groups excluding carboxylic acids is 1. The lowest BCUT2D eigenvalue weighted by molar-refractivity contribution is -0.116. The van der Waals surface area contributed by atoms with E-state index in [-0.39, 0.29) is 5.91 Å². The average Bonchev–Trinajstić information content (AvgIpc) is 2.90. The summed E-state index contributed by atoms with van der Waals surface area (Å²) in [5, 5.41) is 4.89. The van der Waals surface area contributed by atoms with Gasteiger partial charge in [-0.1, -0.05) is 18.2 Å². The Hall–Kier alpha value is -1.81. The number of anilines is 1. The highest BCUT2D eigenvalue weighted by molar-refractivity contribution is 7.09. The molecule has 1 amide bonds. The molecule has 0 spiro atoms. The van der Waals surface area contributed by atoms with Gasteiger partial charge in [0.25, 0.3) is 0 Å². The second-order valence-electron chi connectivity index (χ2n) is 3.83. The predicted molar refractivity (Wildman–Crippen MR) is 74.3 cm³/mol. The van der Waals surface area contributed by atoms with Gasteiger partial charge in [0.1, 0.15) is 5.75 Å². The highest BCUT2D eigenvalue weighted by Crippen LogP contribution is 2.23. The zero-order chi connectivity index (χ0) is 12.8. The van der Waals surface area contributed by atoms with Crippen LogP contribution in [0, 0.1) is 0 Å². The monoisotopic (exact) mass is 261 g/mol. The van der Waals surface area contributed by atoms with Gasteiger partial charge in [-0.15, -0.1) is 11.3 Å². The van der Waals surface area contributed by atoms with Crippen LogP contribution in [0.25, 0.3) is 0 Å². The number of nitrogens with one attached hydrogen (secondary N) is 1. The maximum Gasteiger partial charge on any atom is 0.224 e. The Balaban J connectivity index is 1.90. The molecule has 0 aliphatic heterocycles. The Morgan fingerprint density at radius 1 is 1.28 bits per heavy atom. The van der Waals surface area contributed by atoms with Gasteiger partial charge in [-0.2, -0.15) is 0 Å². The maximum absolute atomic E-state index is 11.8. The minimum atomic E-state index is 0.00731. The van der Waals surface area contributed by atoms with Gasteiger partial charge in [0, 0.05) is 11.3 Å². The highest BCUT2D eigenvalue weighted by Gasteiger charge is 2.07. The van der Waals surface area contributed by atoms with Gasteiger partial charge in [0.05, 0.1) is 12.8 Å². The van der Waals surface area contributed by atoms with E-state index in [1.807, 2.05) is 41.8 Å². The van der Waals surface area contributed by atoms with Crippen LogP contribution < -0.4 is 10.1 Å². The van der Waals surface area contributed by atoms with Crippen LogP contribution in [0.2, 0.25) is 0 Å². The minimum absolute atomic E-state index is 0.00731. The highest BCUT2D eigenvalue weighted by atomic mass is 32.1. The summed E-state index contributed by atoms with van der Waals surface area (Å²) in [7, 11) is 1.59. The molecule has 2 rings (SSSR count). The first kappa shape index (κ1) is 12.6. The van der Waals surface area contributed by atoms with Crippen LogP contribution in [0.3, 0.4) is 0 Å². The fourth-order valence-electron chi connectivity index (χ4n) is 1.65. The van der Waals surface area contributed by atoms with Crippen molar-refractivity contribution < 1.29 is 9.53 Å². The lowest BCUT2D eigenvalue weighted by Crippen LogP contribution is -2.12. The Morgan fingerprint density at radius 2 is 2.11 bits per heavy atom. The number of hydrogen-bond acceptors (Lipinski definition) is 3. The molecule has 1 aromatic heterocycles. The van der Waals surface area contributed by atoms with Crippen LogP contribution >= 0.6 is 11.3 Å². The van der Waals surface area contributed by atoms with E-state index in [4.69, 9.17) is 4.74 Å². The number of para-hydroxylation sites is 2. The molecule has 94 valence electrons. The van der Waals surface area contributed by atoms with Crippen LogP contribution in [0.5, 0.6) is 5.75 Å². The van der Waals surface area contributed by atoms with E-state index in [2.05, 4.69) is 5.32 Å². The molecule has 1 heterocycles. The third-order valence-corrected chi connectivity index (χ3v) is 3.50. The number of benzene rings is 1. The van der Waals surface area contributed by atoms with Crippen LogP contribution in [0.1, 0.15) is 11.3 Å². The summed E-state index contributed by atoms with van der Waals surface area (Å²) in [5.74, 6) is 0.690. The number of hydrogen-bond donors (Lipinski definition) is 1. The molecule has 0 aliphatic rings. The summed E-state index contributed by atoms with van der Waals surface area (Å²) in [5.41, 5.74) is 0.719. The molecule has 0 bridgehead atoms. The molecule has 0 saturated heterocycles. The molecule has 0 aliphatic carbocycles. The smallest absolute Gasteiger partial charge is 0.224 e.